The summed E-state index contributed by atoms with van der Waals surface area (Å²) in [6.45, 7) is 5.44. The van der Waals surface area contributed by atoms with Gasteiger partial charge in [0.05, 0.1) is 7.11 Å². The molecule has 1 aliphatic carbocycles. The van der Waals surface area contributed by atoms with Gasteiger partial charge in [0, 0.05) is 19.1 Å². The molecule has 2 atom stereocenters. The van der Waals surface area contributed by atoms with Crippen LogP contribution in [-0.2, 0) is 9.53 Å². The van der Waals surface area contributed by atoms with Crippen LogP contribution in [0.4, 0.5) is 0 Å². The largest absolute Gasteiger partial charge is 0.468 e. The van der Waals surface area contributed by atoms with E-state index in [0.29, 0.717) is 12.0 Å². The molecule has 4 nitrogen and oxygen atoms in total. The highest BCUT2D eigenvalue weighted by Gasteiger charge is 2.43. The Balaban J connectivity index is 2.12. The van der Waals surface area contributed by atoms with Gasteiger partial charge in [0.1, 0.15) is 6.04 Å². The summed E-state index contributed by atoms with van der Waals surface area (Å²) in [6.07, 6.45) is 4.61. The number of carbonyl (C=O) groups is 1. The van der Waals surface area contributed by atoms with Gasteiger partial charge in [0.15, 0.2) is 0 Å². The minimum Gasteiger partial charge on any atom is -0.468 e. The first-order valence-corrected chi connectivity index (χ1v) is 7.19. The maximum atomic E-state index is 12.1. The predicted molar refractivity (Wildman–Crippen MR) is 71.4 cm³/mol. The van der Waals surface area contributed by atoms with Gasteiger partial charge in [-0.2, -0.15) is 0 Å². The van der Waals surface area contributed by atoms with Crippen LogP contribution in [0.3, 0.4) is 0 Å². The van der Waals surface area contributed by atoms with Gasteiger partial charge in [-0.05, 0) is 45.2 Å². The van der Waals surface area contributed by atoms with E-state index in [9.17, 15) is 4.79 Å². The SMILES string of the molecule is CCC1CN(C)CCCN1C(C(=O)OC)C1CC1. The Kier molecular flexibility index (Phi) is 4.62. The van der Waals surface area contributed by atoms with Gasteiger partial charge in [0.2, 0.25) is 0 Å². The number of esters is 1. The van der Waals surface area contributed by atoms with E-state index in [0.717, 1.165) is 32.5 Å². The Hall–Kier alpha value is -0.610. The lowest BCUT2D eigenvalue weighted by molar-refractivity contribution is -0.149. The molecule has 0 aromatic rings. The van der Waals surface area contributed by atoms with Crippen molar-refractivity contribution in [2.24, 2.45) is 5.92 Å². The van der Waals surface area contributed by atoms with Crippen LogP contribution in [0.2, 0.25) is 0 Å². The molecule has 1 saturated heterocycles. The molecule has 0 aromatic heterocycles. The van der Waals surface area contributed by atoms with E-state index < -0.39 is 0 Å². The molecule has 2 fully saturated rings. The van der Waals surface area contributed by atoms with E-state index >= 15 is 0 Å². The van der Waals surface area contributed by atoms with Crippen molar-refractivity contribution in [2.45, 2.75) is 44.7 Å². The maximum absolute atomic E-state index is 12.1. The smallest absolute Gasteiger partial charge is 0.323 e. The van der Waals surface area contributed by atoms with Gasteiger partial charge in [-0.25, -0.2) is 0 Å². The Morgan fingerprint density at radius 1 is 1.39 bits per heavy atom. The van der Waals surface area contributed by atoms with Crippen molar-refractivity contribution in [1.29, 1.82) is 0 Å². The first kappa shape index (κ1) is 13.8. The molecule has 0 N–H and O–H groups in total. The van der Waals surface area contributed by atoms with Crippen molar-refractivity contribution in [1.82, 2.24) is 9.80 Å². The van der Waals surface area contributed by atoms with Crippen LogP contribution in [0.1, 0.15) is 32.6 Å². The van der Waals surface area contributed by atoms with Gasteiger partial charge in [0.25, 0.3) is 0 Å². The lowest BCUT2D eigenvalue weighted by Gasteiger charge is -2.35. The van der Waals surface area contributed by atoms with E-state index in [4.69, 9.17) is 4.74 Å². The molecule has 1 aliphatic heterocycles. The van der Waals surface area contributed by atoms with Crippen molar-refractivity contribution >= 4 is 5.97 Å². The van der Waals surface area contributed by atoms with Gasteiger partial charge in [-0.1, -0.05) is 6.92 Å². The molecule has 1 saturated carbocycles. The van der Waals surface area contributed by atoms with Gasteiger partial charge < -0.3 is 9.64 Å². The Labute approximate surface area is 110 Å². The van der Waals surface area contributed by atoms with E-state index in [1.54, 1.807) is 0 Å². The van der Waals surface area contributed by atoms with E-state index in [-0.39, 0.29) is 12.0 Å². The van der Waals surface area contributed by atoms with Crippen molar-refractivity contribution in [3.05, 3.63) is 0 Å². The fourth-order valence-corrected chi connectivity index (χ4v) is 3.12. The summed E-state index contributed by atoms with van der Waals surface area (Å²) in [7, 11) is 3.69. The highest BCUT2D eigenvalue weighted by molar-refractivity contribution is 5.76. The third kappa shape index (κ3) is 3.04. The van der Waals surface area contributed by atoms with E-state index in [1.165, 1.54) is 20.0 Å². The number of rotatable bonds is 4. The normalized spacial score (nSPS) is 28.7. The van der Waals surface area contributed by atoms with Gasteiger partial charge in [-0.15, -0.1) is 0 Å². The third-order valence-electron chi connectivity index (χ3n) is 4.29. The first-order chi connectivity index (χ1) is 8.67. The number of hydrogen-bond donors (Lipinski definition) is 0. The zero-order chi connectivity index (χ0) is 13.1. The van der Waals surface area contributed by atoms with Crippen LogP contribution >= 0.6 is 0 Å². The Morgan fingerprint density at radius 3 is 2.67 bits per heavy atom. The van der Waals surface area contributed by atoms with Crippen LogP contribution in [0.5, 0.6) is 0 Å². The molecule has 18 heavy (non-hydrogen) atoms. The number of likely N-dealkylation sites (N-methyl/N-ethyl adjacent to an activating group) is 1. The lowest BCUT2D eigenvalue weighted by atomic mass is 10.1. The quantitative estimate of drug-likeness (QED) is 0.709. The molecule has 2 unspecified atom stereocenters. The summed E-state index contributed by atoms with van der Waals surface area (Å²) >= 11 is 0. The Bertz CT molecular complexity index is 292. The zero-order valence-electron chi connectivity index (χ0n) is 11.9. The second-order valence-corrected chi connectivity index (χ2v) is 5.72. The van der Waals surface area contributed by atoms with Gasteiger partial charge in [-0.3, -0.25) is 9.69 Å². The minimum atomic E-state index is -0.0273. The summed E-state index contributed by atoms with van der Waals surface area (Å²) in [5, 5.41) is 0. The van der Waals surface area contributed by atoms with Crippen LogP contribution in [0.15, 0.2) is 0 Å². The monoisotopic (exact) mass is 254 g/mol. The molecule has 1 heterocycles. The minimum absolute atomic E-state index is 0.00597. The van der Waals surface area contributed by atoms with Crippen LogP contribution in [-0.4, -0.2) is 61.6 Å². The molecule has 2 rings (SSSR count). The summed E-state index contributed by atoms with van der Waals surface area (Å²) in [5.41, 5.74) is 0. The average molecular weight is 254 g/mol. The predicted octanol–water partition coefficient (Wildman–Crippen LogP) is 1.35. The zero-order valence-corrected chi connectivity index (χ0v) is 11.9. The van der Waals surface area contributed by atoms with Crippen molar-refractivity contribution in [3.8, 4) is 0 Å². The molecular formula is C14H26N2O2. The second kappa shape index (κ2) is 6.02. The van der Waals surface area contributed by atoms with E-state index in [1.807, 2.05) is 0 Å². The van der Waals surface area contributed by atoms with Crippen LogP contribution in [0.25, 0.3) is 0 Å². The van der Waals surface area contributed by atoms with E-state index in [2.05, 4.69) is 23.8 Å². The summed E-state index contributed by atoms with van der Waals surface area (Å²) < 4.78 is 5.03. The molecule has 0 bridgehead atoms. The lowest BCUT2D eigenvalue weighted by Crippen LogP contribution is -2.50. The number of hydrogen-bond acceptors (Lipinski definition) is 4. The highest BCUT2D eigenvalue weighted by Crippen LogP contribution is 2.37. The molecule has 104 valence electrons. The molecule has 2 aliphatic rings. The van der Waals surface area contributed by atoms with Crippen molar-refractivity contribution < 1.29 is 9.53 Å². The number of ether oxygens (including phenoxy) is 1. The van der Waals surface area contributed by atoms with Gasteiger partial charge >= 0.3 is 5.97 Å². The van der Waals surface area contributed by atoms with Crippen LogP contribution < -0.4 is 0 Å². The summed E-state index contributed by atoms with van der Waals surface area (Å²) in [4.78, 5) is 16.9. The number of carbonyl (C=O) groups excluding carboxylic acids is 1. The summed E-state index contributed by atoms with van der Waals surface area (Å²) in [6, 6.07) is 0.494. The molecule has 0 amide bonds. The fraction of sp³-hybridized carbons (Fsp3) is 0.929. The van der Waals surface area contributed by atoms with Crippen molar-refractivity contribution in [3.63, 3.8) is 0 Å². The number of methoxy groups -OCH3 is 1. The van der Waals surface area contributed by atoms with Crippen LogP contribution in [0, 0.1) is 5.92 Å². The average Bonchev–Trinajstić information content (AvgIpc) is 3.18. The summed E-state index contributed by atoms with van der Waals surface area (Å²) in [5.74, 6) is 0.510. The fourth-order valence-electron chi connectivity index (χ4n) is 3.12. The topological polar surface area (TPSA) is 32.8 Å². The third-order valence-corrected chi connectivity index (χ3v) is 4.29. The first-order valence-electron chi connectivity index (χ1n) is 7.19. The number of nitrogens with zero attached hydrogens (tertiary/aromatic N) is 2. The highest BCUT2D eigenvalue weighted by atomic mass is 16.5. The molecule has 4 heteroatoms. The Morgan fingerprint density at radius 2 is 2.11 bits per heavy atom. The standard InChI is InChI=1S/C14H26N2O2/c1-4-12-10-15(2)8-5-9-16(12)13(11-6-7-11)14(17)18-3/h11-13H,4-10H2,1-3H3. The molecular weight excluding hydrogens is 228 g/mol. The molecule has 0 spiro atoms. The van der Waals surface area contributed by atoms with Crippen molar-refractivity contribution in [2.75, 3.05) is 33.8 Å². The maximum Gasteiger partial charge on any atom is 0.323 e. The molecule has 0 aromatic carbocycles. The molecule has 0 radical (unpaired) electrons. The second-order valence-electron chi connectivity index (χ2n) is 5.72.